The first-order chi connectivity index (χ1) is 7.58. The van der Waals surface area contributed by atoms with E-state index in [1.807, 2.05) is 0 Å². The predicted octanol–water partition coefficient (Wildman–Crippen LogP) is 1.60. The molecule has 1 aromatic rings. The minimum absolute atomic E-state index is 0.0174. The Morgan fingerprint density at radius 1 is 1.50 bits per heavy atom. The lowest BCUT2D eigenvalue weighted by Gasteiger charge is -2.10. The zero-order valence-electron chi connectivity index (χ0n) is 8.97. The number of aromatic nitrogens is 1. The summed E-state index contributed by atoms with van der Waals surface area (Å²) in [6.45, 7) is 1.77. The van der Waals surface area contributed by atoms with Gasteiger partial charge in [0.25, 0.3) is 10.0 Å². The number of sulfonamides is 1. The number of hydrogen-bond acceptors (Lipinski definition) is 5. The van der Waals surface area contributed by atoms with Crippen molar-refractivity contribution in [2.45, 2.75) is 42.9 Å². The summed E-state index contributed by atoms with van der Waals surface area (Å²) in [6.07, 6.45) is 5.41. The molecule has 1 aliphatic rings. The molecule has 0 bridgehead atoms. The summed E-state index contributed by atoms with van der Waals surface area (Å²) in [5.41, 5.74) is 0. The highest BCUT2D eigenvalue weighted by Gasteiger charge is 2.21. The van der Waals surface area contributed by atoms with E-state index in [1.165, 1.54) is 6.20 Å². The zero-order chi connectivity index (χ0) is 11.6. The number of thiazole rings is 1. The molecular weight excluding hydrogens is 248 g/mol. The Morgan fingerprint density at radius 2 is 2.19 bits per heavy atom. The van der Waals surface area contributed by atoms with Crippen LogP contribution in [0.3, 0.4) is 0 Å². The fraction of sp³-hybridized carbons (Fsp3) is 0.667. The van der Waals surface area contributed by atoms with Crippen LogP contribution in [-0.4, -0.2) is 19.5 Å². The first kappa shape index (κ1) is 12.0. The van der Waals surface area contributed by atoms with Crippen molar-refractivity contribution >= 4 is 21.4 Å². The van der Waals surface area contributed by atoms with E-state index in [9.17, 15) is 8.42 Å². The number of nitrogens with zero attached hydrogens (tertiary/aromatic N) is 1. The van der Waals surface area contributed by atoms with Crippen LogP contribution in [0.15, 0.2) is 10.4 Å². The lowest BCUT2D eigenvalue weighted by Crippen LogP contribution is -2.27. The van der Waals surface area contributed by atoms with Gasteiger partial charge in [0.1, 0.15) is 0 Å². The number of nitrogens with one attached hydrogen (secondary N) is 1. The van der Waals surface area contributed by atoms with Crippen LogP contribution in [0.25, 0.3) is 0 Å². The van der Waals surface area contributed by atoms with Crippen LogP contribution >= 0.6 is 11.3 Å². The Morgan fingerprint density at radius 3 is 2.75 bits per heavy atom. The second-order valence-corrected chi connectivity index (χ2v) is 6.92. The second-order valence-electron chi connectivity index (χ2n) is 3.81. The molecule has 1 heterocycles. The fourth-order valence-corrected chi connectivity index (χ4v) is 3.59. The number of aryl methyl sites for hydroxylation is 1. The monoisotopic (exact) mass is 262 g/mol. The van der Waals surface area contributed by atoms with Crippen molar-refractivity contribution in [3.8, 4) is 0 Å². The lowest BCUT2D eigenvalue weighted by molar-refractivity contribution is 0.0224. The summed E-state index contributed by atoms with van der Waals surface area (Å²) < 4.78 is 23.7. The molecule has 90 valence electrons. The van der Waals surface area contributed by atoms with Crippen LogP contribution in [-0.2, 0) is 14.9 Å². The average Bonchev–Trinajstić information content (AvgIpc) is 2.85. The molecule has 5 nitrogen and oxygen atoms in total. The van der Waals surface area contributed by atoms with Gasteiger partial charge in [-0.3, -0.25) is 4.84 Å². The molecule has 1 aliphatic carbocycles. The molecule has 0 spiro atoms. The molecule has 1 aromatic heterocycles. The summed E-state index contributed by atoms with van der Waals surface area (Å²) in [6, 6.07) is 0. The van der Waals surface area contributed by atoms with Gasteiger partial charge in [0.2, 0.25) is 0 Å². The summed E-state index contributed by atoms with van der Waals surface area (Å²) in [7, 11) is -3.54. The molecule has 0 unspecified atom stereocenters. The van der Waals surface area contributed by atoms with Gasteiger partial charge in [-0.15, -0.1) is 11.3 Å². The van der Waals surface area contributed by atoms with Crippen molar-refractivity contribution in [1.29, 1.82) is 0 Å². The van der Waals surface area contributed by atoms with E-state index in [0.717, 1.165) is 42.0 Å². The van der Waals surface area contributed by atoms with E-state index >= 15 is 0 Å². The summed E-state index contributed by atoms with van der Waals surface area (Å²) >= 11 is 1.14. The Labute approximate surface area is 98.9 Å². The number of rotatable bonds is 4. The Hall–Kier alpha value is -0.500. The van der Waals surface area contributed by atoms with Crippen molar-refractivity contribution in [3.63, 3.8) is 0 Å². The molecule has 0 radical (unpaired) electrons. The highest BCUT2D eigenvalue weighted by Crippen LogP contribution is 2.22. The Bertz CT molecular complexity index is 449. The summed E-state index contributed by atoms with van der Waals surface area (Å²) in [5, 5.41) is 0.723. The summed E-state index contributed by atoms with van der Waals surface area (Å²) in [5.74, 6) is 0. The van der Waals surface area contributed by atoms with Crippen LogP contribution in [0.5, 0.6) is 0 Å². The number of hydrogen-bond donors (Lipinski definition) is 1. The normalized spacial score (nSPS) is 18.1. The van der Waals surface area contributed by atoms with E-state index in [1.54, 1.807) is 6.92 Å². The van der Waals surface area contributed by atoms with Gasteiger partial charge >= 0.3 is 0 Å². The third-order valence-electron chi connectivity index (χ3n) is 2.49. The molecule has 0 aromatic carbocycles. The topological polar surface area (TPSA) is 68.3 Å². The van der Waals surface area contributed by atoms with Gasteiger partial charge in [0.15, 0.2) is 4.21 Å². The zero-order valence-corrected chi connectivity index (χ0v) is 10.6. The van der Waals surface area contributed by atoms with Crippen LogP contribution in [0.4, 0.5) is 0 Å². The summed E-state index contributed by atoms with van der Waals surface area (Å²) in [4.78, 5) is 11.3. The van der Waals surface area contributed by atoms with E-state index in [-0.39, 0.29) is 10.3 Å². The van der Waals surface area contributed by atoms with Crippen molar-refractivity contribution in [2.75, 3.05) is 0 Å². The lowest BCUT2D eigenvalue weighted by atomic mass is 10.3. The maximum atomic E-state index is 11.7. The predicted molar refractivity (Wildman–Crippen MR) is 60.5 cm³/mol. The molecule has 1 N–H and O–H groups in total. The van der Waals surface area contributed by atoms with E-state index in [0.29, 0.717) is 0 Å². The average molecular weight is 262 g/mol. The van der Waals surface area contributed by atoms with E-state index < -0.39 is 10.0 Å². The SMILES string of the molecule is Cc1ncc(S(=O)(=O)NOC2CCCC2)s1. The molecular formula is C9H14N2O3S2. The fourth-order valence-electron chi connectivity index (χ4n) is 1.64. The third-order valence-corrected chi connectivity index (χ3v) is 5.06. The minimum Gasteiger partial charge on any atom is -0.284 e. The standard InChI is InChI=1S/C9H14N2O3S2/c1-7-10-6-9(15-7)16(12,13)11-14-8-4-2-3-5-8/h6,8,11H,2-5H2,1H3. The van der Waals surface area contributed by atoms with Gasteiger partial charge in [0.05, 0.1) is 17.3 Å². The molecule has 1 fully saturated rings. The Kier molecular flexibility index (Phi) is 3.58. The van der Waals surface area contributed by atoms with Crippen molar-refractivity contribution < 1.29 is 13.3 Å². The van der Waals surface area contributed by atoms with Crippen molar-refractivity contribution in [1.82, 2.24) is 9.87 Å². The van der Waals surface area contributed by atoms with Crippen LogP contribution < -0.4 is 4.89 Å². The van der Waals surface area contributed by atoms with Gasteiger partial charge in [-0.05, 0) is 19.8 Å². The second kappa shape index (κ2) is 4.79. The van der Waals surface area contributed by atoms with Gasteiger partial charge in [-0.2, -0.15) is 0 Å². The van der Waals surface area contributed by atoms with E-state index in [4.69, 9.17) is 4.84 Å². The van der Waals surface area contributed by atoms with Crippen LogP contribution in [0.2, 0.25) is 0 Å². The maximum Gasteiger partial charge on any atom is 0.273 e. The highest BCUT2D eigenvalue weighted by molar-refractivity contribution is 7.91. The van der Waals surface area contributed by atoms with Crippen LogP contribution in [0.1, 0.15) is 30.7 Å². The molecule has 0 saturated heterocycles. The molecule has 1 saturated carbocycles. The van der Waals surface area contributed by atoms with Gasteiger partial charge in [0, 0.05) is 0 Å². The van der Waals surface area contributed by atoms with Crippen molar-refractivity contribution in [3.05, 3.63) is 11.2 Å². The largest absolute Gasteiger partial charge is 0.284 e. The first-order valence-electron chi connectivity index (χ1n) is 5.18. The van der Waals surface area contributed by atoms with E-state index in [2.05, 4.69) is 9.87 Å². The third kappa shape index (κ3) is 2.79. The highest BCUT2D eigenvalue weighted by atomic mass is 32.2. The Balaban J connectivity index is 1.97. The van der Waals surface area contributed by atoms with Gasteiger partial charge < -0.3 is 0 Å². The van der Waals surface area contributed by atoms with Gasteiger partial charge in [-0.25, -0.2) is 13.4 Å². The maximum absolute atomic E-state index is 11.7. The van der Waals surface area contributed by atoms with Crippen molar-refractivity contribution in [2.24, 2.45) is 0 Å². The first-order valence-corrected chi connectivity index (χ1v) is 7.48. The molecule has 0 amide bonds. The molecule has 7 heteroatoms. The molecule has 0 atom stereocenters. The molecule has 2 rings (SSSR count). The van der Waals surface area contributed by atoms with Crippen LogP contribution in [0, 0.1) is 6.92 Å². The smallest absolute Gasteiger partial charge is 0.273 e. The quantitative estimate of drug-likeness (QED) is 0.837. The molecule has 16 heavy (non-hydrogen) atoms. The minimum atomic E-state index is -3.54. The van der Waals surface area contributed by atoms with Gasteiger partial charge in [-0.1, -0.05) is 17.7 Å². The molecule has 0 aliphatic heterocycles.